The van der Waals surface area contributed by atoms with Crippen molar-refractivity contribution in [1.29, 1.82) is 0 Å². The molecule has 4 aromatic rings. The van der Waals surface area contributed by atoms with E-state index in [4.69, 9.17) is 5.73 Å². The van der Waals surface area contributed by atoms with Crippen LogP contribution in [-0.2, 0) is 5.41 Å². The molecule has 3 nitrogen and oxygen atoms in total. The number of pyridine rings is 1. The van der Waals surface area contributed by atoms with Gasteiger partial charge in [0.15, 0.2) is 0 Å². The van der Waals surface area contributed by atoms with Gasteiger partial charge in [0, 0.05) is 27.4 Å². The minimum absolute atomic E-state index is 0.166. The zero-order valence-corrected chi connectivity index (χ0v) is 15.5. The summed E-state index contributed by atoms with van der Waals surface area (Å²) in [4.78, 5) is 17.9. The van der Waals surface area contributed by atoms with Crippen molar-refractivity contribution in [2.75, 3.05) is 0 Å². The molecule has 1 saturated carbocycles. The molecule has 1 fully saturated rings. The summed E-state index contributed by atoms with van der Waals surface area (Å²) in [6, 6.07) is 20.5. The van der Waals surface area contributed by atoms with E-state index < -0.39 is 0 Å². The highest BCUT2D eigenvalue weighted by atomic mass is 32.1. The highest BCUT2D eigenvalue weighted by Gasteiger charge is 2.48. The number of benzene rings is 2. The summed E-state index contributed by atoms with van der Waals surface area (Å²) in [7, 11) is 0. The number of carbonyl (C=O) groups excluding carboxylic acids is 1. The lowest BCUT2D eigenvalue weighted by Gasteiger charge is -2.22. The third-order valence-electron chi connectivity index (χ3n) is 5.50. The van der Waals surface area contributed by atoms with Gasteiger partial charge in [0.05, 0.1) is 5.52 Å². The molecule has 1 aliphatic rings. The summed E-state index contributed by atoms with van der Waals surface area (Å²) in [6.07, 6.45) is 3.85. The van der Waals surface area contributed by atoms with Crippen LogP contribution in [0.4, 0.5) is 0 Å². The molecule has 27 heavy (non-hydrogen) atoms. The maximum absolute atomic E-state index is 12.1. The standard InChI is InChI=1S/C23H18N2OS/c24-22(26)17-5-1-2-7-18(17)23(9-10-23)19-13-15(21-8-4-12-27-21)14-20-16(19)6-3-11-25-20/h1-8,11-14H,9-10H2,(H2,24,26). The smallest absolute Gasteiger partial charge is 0.249 e. The van der Waals surface area contributed by atoms with Gasteiger partial charge in [-0.1, -0.05) is 30.3 Å². The number of rotatable bonds is 4. The number of hydrogen-bond donors (Lipinski definition) is 1. The first-order valence-corrected chi connectivity index (χ1v) is 9.89. The molecule has 5 rings (SSSR count). The van der Waals surface area contributed by atoms with Crippen LogP contribution in [0.25, 0.3) is 21.3 Å². The van der Waals surface area contributed by atoms with Crippen LogP contribution in [0.5, 0.6) is 0 Å². The molecule has 0 radical (unpaired) electrons. The van der Waals surface area contributed by atoms with E-state index in [0.717, 1.165) is 29.3 Å². The first-order chi connectivity index (χ1) is 13.2. The number of nitrogens with zero attached hydrogens (tertiary/aromatic N) is 1. The first kappa shape index (κ1) is 16.2. The van der Waals surface area contributed by atoms with E-state index in [1.807, 2.05) is 36.5 Å². The average Bonchev–Trinajstić information content (AvgIpc) is 3.32. The van der Waals surface area contributed by atoms with Gasteiger partial charge < -0.3 is 5.73 Å². The lowest BCUT2D eigenvalue weighted by molar-refractivity contribution is 0.0999. The van der Waals surface area contributed by atoms with E-state index in [1.54, 1.807) is 11.3 Å². The normalized spacial score (nSPS) is 15.0. The van der Waals surface area contributed by atoms with Crippen LogP contribution in [0.3, 0.4) is 0 Å². The number of aromatic nitrogens is 1. The Bertz CT molecular complexity index is 1160. The fourth-order valence-corrected chi connectivity index (χ4v) is 4.80. The summed E-state index contributed by atoms with van der Waals surface area (Å²) in [6.45, 7) is 0. The second-order valence-electron chi connectivity index (χ2n) is 7.06. The molecule has 1 aliphatic carbocycles. The van der Waals surface area contributed by atoms with E-state index in [-0.39, 0.29) is 11.3 Å². The summed E-state index contributed by atoms with van der Waals surface area (Å²) in [5, 5.41) is 3.24. The van der Waals surface area contributed by atoms with Crippen molar-refractivity contribution in [3.8, 4) is 10.4 Å². The summed E-state index contributed by atoms with van der Waals surface area (Å²) in [5.41, 5.74) is 10.6. The van der Waals surface area contributed by atoms with E-state index >= 15 is 0 Å². The zero-order valence-electron chi connectivity index (χ0n) is 14.7. The first-order valence-electron chi connectivity index (χ1n) is 9.01. The molecule has 0 saturated heterocycles. The van der Waals surface area contributed by atoms with Crippen molar-refractivity contribution in [3.05, 3.63) is 88.9 Å². The summed E-state index contributed by atoms with van der Waals surface area (Å²) in [5.74, 6) is -0.367. The van der Waals surface area contributed by atoms with E-state index in [2.05, 4.69) is 40.7 Å². The maximum atomic E-state index is 12.1. The van der Waals surface area contributed by atoms with Crippen LogP contribution in [0.1, 0.15) is 34.3 Å². The van der Waals surface area contributed by atoms with Crippen molar-refractivity contribution >= 4 is 28.1 Å². The van der Waals surface area contributed by atoms with Crippen molar-refractivity contribution in [2.24, 2.45) is 5.73 Å². The predicted octanol–water partition coefficient (Wildman–Crippen LogP) is 5.14. The van der Waals surface area contributed by atoms with E-state index in [0.29, 0.717) is 5.56 Å². The molecule has 2 N–H and O–H groups in total. The Hall–Kier alpha value is -2.98. The summed E-state index contributed by atoms with van der Waals surface area (Å²) < 4.78 is 0. The van der Waals surface area contributed by atoms with Crippen LogP contribution < -0.4 is 5.73 Å². The molecule has 0 spiro atoms. The van der Waals surface area contributed by atoms with Crippen molar-refractivity contribution in [2.45, 2.75) is 18.3 Å². The molecular formula is C23H18N2OS. The predicted molar refractivity (Wildman–Crippen MR) is 110 cm³/mol. The molecule has 2 heterocycles. The number of amides is 1. The van der Waals surface area contributed by atoms with Gasteiger partial charge in [-0.15, -0.1) is 11.3 Å². The third-order valence-corrected chi connectivity index (χ3v) is 6.42. The average molecular weight is 370 g/mol. The van der Waals surface area contributed by atoms with Gasteiger partial charge in [0.2, 0.25) is 5.91 Å². The number of carbonyl (C=O) groups is 1. The molecule has 0 atom stereocenters. The van der Waals surface area contributed by atoms with Gasteiger partial charge in [0.1, 0.15) is 0 Å². The number of nitrogens with two attached hydrogens (primary N) is 1. The third kappa shape index (κ3) is 2.56. The Balaban J connectivity index is 1.79. The molecule has 4 heteroatoms. The van der Waals surface area contributed by atoms with Crippen LogP contribution >= 0.6 is 11.3 Å². The number of primary amides is 1. The van der Waals surface area contributed by atoms with Gasteiger partial charge in [-0.25, -0.2) is 0 Å². The van der Waals surface area contributed by atoms with Crippen LogP contribution in [0.2, 0.25) is 0 Å². The lowest BCUT2D eigenvalue weighted by atomic mass is 9.82. The van der Waals surface area contributed by atoms with Crippen LogP contribution in [0.15, 0.2) is 72.2 Å². The van der Waals surface area contributed by atoms with Crippen molar-refractivity contribution < 1.29 is 4.79 Å². The Labute approximate surface area is 161 Å². The van der Waals surface area contributed by atoms with Gasteiger partial charge in [0.25, 0.3) is 0 Å². The largest absolute Gasteiger partial charge is 0.366 e. The molecule has 0 aliphatic heterocycles. The number of hydrogen-bond acceptors (Lipinski definition) is 3. The minimum atomic E-state index is -0.367. The van der Waals surface area contributed by atoms with Gasteiger partial charge in [-0.3, -0.25) is 9.78 Å². The number of fused-ring (bicyclic) bond motifs is 1. The quantitative estimate of drug-likeness (QED) is 0.541. The Morgan fingerprint density at radius 1 is 1.00 bits per heavy atom. The second kappa shape index (κ2) is 6.03. The minimum Gasteiger partial charge on any atom is -0.366 e. The monoisotopic (exact) mass is 370 g/mol. The second-order valence-corrected chi connectivity index (χ2v) is 8.01. The van der Waals surface area contributed by atoms with Crippen LogP contribution in [-0.4, -0.2) is 10.9 Å². The van der Waals surface area contributed by atoms with Crippen molar-refractivity contribution in [3.63, 3.8) is 0 Å². The van der Waals surface area contributed by atoms with Gasteiger partial charge in [-0.05, 0) is 65.2 Å². The van der Waals surface area contributed by atoms with Crippen LogP contribution in [0, 0.1) is 0 Å². The molecule has 0 unspecified atom stereocenters. The van der Waals surface area contributed by atoms with Gasteiger partial charge in [-0.2, -0.15) is 0 Å². The fourth-order valence-electron chi connectivity index (χ4n) is 4.09. The molecule has 132 valence electrons. The maximum Gasteiger partial charge on any atom is 0.249 e. The molecule has 2 aromatic carbocycles. The topological polar surface area (TPSA) is 56.0 Å². The molecule has 1 amide bonds. The lowest BCUT2D eigenvalue weighted by Crippen LogP contribution is -2.19. The van der Waals surface area contributed by atoms with E-state index in [1.165, 1.54) is 16.0 Å². The fraction of sp³-hybridized carbons (Fsp3) is 0.130. The summed E-state index contributed by atoms with van der Waals surface area (Å²) >= 11 is 1.73. The van der Waals surface area contributed by atoms with E-state index in [9.17, 15) is 4.79 Å². The SMILES string of the molecule is NC(=O)c1ccccc1C1(c2cc(-c3cccs3)cc3ncccc23)CC1. The molecule has 0 bridgehead atoms. The highest BCUT2D eigenvalue weighted by Crippen LogP contribution is 2.56. The molecule has 2 aromatic heterocycles. The number of thiophene rings is 1. The zero-order chi connectivity index (χ0) is 18.4. The van der Waals surface area contributed by atoms with Crippen molar-refractivity contribution in [1.82, 2.24) is 4.98 Å². The Morgan fingerprint density at radius 3 is 2.59 bits per heavy atom. The van der Waals surface area contributed by atoms with Gasteiger partial charge >= 0.3 is 0 Å². The molecular weight excluding hydrogens is 352 g/mol. The Morgan fingerprint density at radius 2 is 1.85 bits per heavy atom. The highest BCUT2D eigenvalue weighted by molar-refractivity contribution is 7.13. The Kier molecular flexibility index (Phi) is 3.62.